The molecule has 0 bridgehead atoms. The van der Waals surface area contributed by atoms with Gasteiger partial charge in [0.05, 0.1) is 4.91 Å². The van der Waals surface area contributed by atoms with Crippen molar-refractivity contribution in [3.05, 3.63) is 31.9 Å². The maximum Gasteiger partial charge on any atom is 0.270 e. The number of thiocarbonyl (C=S) groups is 1. The first-order valence-electron chi connectivity index (χ1n) is 9.43. The van der Waals surface area contributed by atoms with Gasteiger partial charge in [-0.3, -0.25) is 19.1 Å². The van der Waals surface area contributed by atoms with Gasteiger partial charge in [-0.1, -0.05) is 24.0 Å². The third-order valence-corrected chi connectivity index (χ3v) is 6.57. The van der Waals surface area contributed by atoms with Gasteiger partial charge in [0.1, 0.15) is 21.8 Å². The smallest absolute Gasteiger partial charge is 0.270 e. The lowest BCUT2D eigenvalue weighted by molar-refractivity contribution is -0.123. The number of thioether (sulfide) groups is 1. The van der Waals surface area contributed by atoms with Crippen molar-refractivity contribution in [3.8, 4) is 6.07 Å². The van der Waals surface area contributed by atoms with Crippen LogP contribution in [0.25, 0.3) is 6.08 Å². The van der Waals surface area contributed by atoms with E-state index in [-0.39, 0.29) is 23.1 Å². The first kappa shape index (κ1) is 20.6. The van der Waals surface area contributed by atoms with Crippen molar-refractivity contribution in [1.82, 2.24) is 9.47 Å². The van der Waals surface area contributed by atoms with E-state index in [1.807, 2.05) is 19.9 Å². The summed E-state index contributed by atoms with van der Waals surface area (Å²) in [5.41, 5.74) is 1.19. The topological polar surface area (TPSA) is 69.3 Å². The van der Waals surface area contributed by atoms with Gasteiger partial charge in [0.2, 0.25) is 0 Å². The van der Waals surface area contributed by atoms with E-state index in [4.69, 9.17) is 12.2 Å². The van der Waals surface area contributed by atoms with E-state index >= 15 is 0 Å². The minimum atomic E-state index is -0.299. The second-order valence-corrected chi connectivity index (χ2v) is 9.08. The van der Waals surface area contributed by atoms with E-state index in [0.29, 0.717) is 14.8 Å². The molecule has 8 heteroatoms. The Balaban J connectivity index is 2.21. The van der Waals surface area contributed by atoms with Gasteiger partial charge in [-0.05, 0) is 51.7 Å². The predicted molar refractivity (Wildman–Crippen MR) is 117 cm³/mol. The molecule has 0 N–H and O–H groups in total. The first-order valence-corrected chi connectivity index (χ1v) is 10.7. The van der Waals surface area contributed by atoms with Crippen molar-refractivity contribution < 1.29 is 4.79 Å². The van der Waals surface area contributed by atoms with Crippen molar-refractivity contribution in [2.24, 2.45) is 7.05 Å². The third-order valence-electron chi connectivity index (χ3n) is 5.24. The van der Waals surface area contributed by atoms with Gasteiger partial charge >= 0.3 is 0 Å². The largest absolute Gasteiger partial charge is 0.357 e. The van der Waals surface area contributed by atoms with Gasteiger partial charge in [0.25, 0.3) is 11.5 Å². The SMILES string of the molecule is Cc1c(/C=C2/SC(=S)N(C(C)C)C2=O)c(N2CCCCC2)n(C)c(=O)c1C#N. The molecule has 28 heavy (non-hydrogen) atoms. The van der Waals surface area contributed by atoms with E-state index < -0.39 is 0 Å². The standard InChI is InChI=1S/C20H24N4O2S2/c1-12(2)24-19(26)16(28-20(24)27)10-14-13(3)15(11-21)18(25)22(4)17(14)23-8-6-5-7-9-23/h10,12H,5-9H2,1-4H3/b16-10+. The highest BCUT2D eigenvalue weighted by molar-refractivity contribution is 8.26. The molecular formula is C20H24N4O2S2. The van der Waals surface area contributed by atoms with Gasteiger partial charge in [0.15, 0.2) is 0 Å². The Bertz CT molecular complexity index is 966. The van der Waals surface area contributed by atoms with Gasteiger partial charge in [-0.2, -0.15) is 5.26 Å². The number of amides is 1. The Morgan fingerprint density at radius 1 is 1.21 bits per heavy atom. The fourth-order valence-electron chi connectivity index (χ4n) is 3.76. The lowest BCUT2D eigenvalue weighted by Crippen LogP contribution is -2.36. The molecule has 0 unspecified atom stereocenters. The molecule has 3 heterocycles. The van der Waals surface area contributed by atoms with E-state index in [0.717, 1.165) is 37.3 Å². The zero-order valence-electron chi connectivity index (χ0n) is 16.6. The fraction of sp³-hybridized carbons (Fsp3) is 0.500. The van der Waals surface area contributed by atoms with Crippen LogP contribution in [0.15, 0.2) is 9.70 Å². The third kappa shape index (κ3) is 3.49. The summed E-state index contributed by atoms with van der Waals surface area (Å²) in [5.74, 6) is 0.650. The molecule has 0 radical (unpaired) electrons. The molecule has 1 aromatic rings. The number of rotatable bonds is 3. The average molecular weight is 417 g/mol. The highest BCUT2D eigenvalue weighted by Gasteiger charge is 2.34. The summed E-state index contributed by atoms with van der Waals surface area (Å²) >= 11 is 6.65. The van der Waals surface area contributed by atoms with E-state index in [1.165, 1.54) is 18.2 Å². The molecule has 2 aliphatic rings. The molecule has 148 valence electrons. The van der Waals surface area contributed by atoms with Crippen LogP contribution < -0.4 is 10.5 Å². The lowest BCUT2D eigenvalue weighted by atomic mass is 10.0. The molecule has 0 aromatic carbocycles. The summed E-state index contributed by atoms with van der Waals surface area (Å²) in [7, 11) is 1.70. The second-order valence-electron chi connectivity index (χ2n) is 7.41. The van der Waals surface area contributed by atoms with Crippen molar-refractivity contribution in [2.75, 3.05) is 18.0 Å². The van der Waals surface area contributed by atoms with Crippen LogP contribution in [0.1, 0.15) is 49.8 Å². The number of anilines is 1. The van der Waals surface area contributed by atoms with Gasteiger partial charge in [-0.15, -0.1) is 0 Å². The average Bonchev–Trinajstić information content (AvgIpc) is 2.94. The molecular weight excluding hydrogens is 392 g/mol. The Hall–Kier alpha value is -2.11. The van der Waals surface area contributed by atoms with Crippen LogP contribution in [-0.2, 0) is 11.8 Å². The number of hydrogen-bond donors (Lipinski definition) is 0. The highest BCUT2D eigenvalue weighted by atomic mass is 32.2. The molecule has 0 aliphatic carbocycles. The quantitative estimate of drug-likeness (QED) is 0.557. The minimum absolute atomic E-state index is 0.0177. The normalized spacial score (nSPS) is 19.1. The maximum atomic E-state index is 12.9. The summed E-state index contributed by atoms with van der Waals surface area (Å²) in [6.45, 7) is 7.34. The van der Waals surface area contributed by atoms with Gasteiger partial charge in [0, 0.05) is 31.7 Å². The van der Waals surface area contributed by atoms with Gasteiger partial charge in [-0.25, -0.2) is 0 Å². The monoisotopic (exact) mass is 416 g/mol. The number of aromatic nitrogens is 1. The summed E-state index contributed by atoms with van der Waals surface area (Å²) in [5, 5.41) is 9.52. The van der Waals surface area contributed by atoms with Crippen LogP contribution in [-0.4, -0.2) is 38.8 Å². The van der Waals surface area contributed by atoms with Crippen LogP contribution in [0.2, 0.25) is 0 Å². The number of carbonyl (C=O) groups is 1. The number of hydrogen-bond acceptors (Lipinski definition) is 6. The number of piperidine rings is 1. The number of nitrogens with zero attached hydrogens (tertiary/aromatic N) is 4. The summed E-state index contributed by atoms with van der Waals surface area (Å²) in [6, 6.07) is 2.02. The van der Waals surface area contributed by atoms with Crippen LogP contribution >= 0.6 is 24.0 Å². The summed E-state index contributed by atoms with van der Waals surface area (Å²) in [4.78, 5) is 29.9. The number of carbonyl (C=O) groups excluding carboxylic acids is 1. The van der Waals surface area contributed by atoms with Crippen LogP contribution in [0.4, 0.5) is 5.82 Å². The van der Waals surface area contributed by atoms with Crippen LogP contribution in [0.5, 0.6) is 0 Å². The second kappa shape index (κ2) is 8.10. The molecule has 2 saturated heterocycles. The molecule has 3 rings (SSSR count). The maximum absolute atomic E-state index is 12.9. The number of nitriles is 1. The molecule has 0 saturated carbocycles. The number of pyridine rings is 1. The first-order chi connectivity index (χ1) is 13.3. The highest BCUT2D eigenvalue weighted by Crippen LogP contribution is 2.36. The Morgan fingerprint density at radius 3 is 2.39 bits per heavy atom. The zero-order valence-corrected chi connectivity index (χ0v) is 18.2. The van der Waals surface area contributed by atoms with Crippen molar-refractivity contribution >= 4 is 46.1 Å². The zero-order chi connectivity index (χ0) is 20.6. The lowest BCUT2D eigenvalue weighted by Gasteiger charge is -2.32. The Labute approximate surface area is 174 Å². The Kier molecular flexibility index (Phi) is 5.96. The predicted octanol–water partition coefficient (Wildman–Crippen LogP) is 3.17. The van der Waals surface area contributed by atoms with E-state index in [9.17, 15) is 14.9 Å². The van der Waals surface area contributed by atoms with E-state index in [1.54, 1.807) is 29.5 Å². The molecule has 0 spiro atoms. The van der Waals surface area contributed by atoms with Crippen LogP contribution in [0.3, 0.4) is 0 Å². The molecule has 1 amide bonds. The summed E-state index contributed by atoms with van der Waals surface area (Å²) < 4.78 is 2.08. The summed E-state index contributed by atoms with van der Waals surface area (Å²) in [6.07, 6.45) is 5.09. The Morgan fingerprint density at radius 2 is 1.86 bits per heavy atom. The fourth-order valence-corrected chi connectivity index (χ4v) is 5.26. The van der Waals surface area contributed by atoms with Crippen molar-refractivity contribution in [1.29, 1.82) is 5.26 Å². The van der Waals surface area contributed by atoms with E-state index in [2.05, 4.69) is 4.90 Å². The molecule has 1 aromatic heterocycles. The molecule has 6 nitrogen and oxygen atoms in total. The minimum Gasteiger partial charge on any atom is -0.357 e. The van der Waals surface area contributed by atoms with Gasteiger partial charge < -0.3 is 4.90 Å². The molecule has 2 aliphatic heterocycles. The molecule has 0 atom stereocenters. The van der Waals surface area contributed by atoms with Crippen LogP contribution in [0, 0.1) is 18.3 Å². The molecule has 2 fully saturated rings. The van der Waals surface area contributed by atoms with Crippen molar-refractivity contribution in [2.45, 2.75) is 46.1 Å². The van der Waals surface area contributed by atoms with Crippen molar-refractivity contribution in [3.63, 3.8) is 0 Å².